The first kappa shape index (κ1) is 23.6. The Bertz CT molecular complexity index is 1090. The highest BCUT2D eigenvalue weighted by Gasteiger charge is 2.56. The summed E-state index contributed by atoms with van der Waals surface area (Å²) in [7, 11) is -2.82. The lowest BCUT2D eigenvalue weighted by Gasteiger charge is -2.33. The van der Waals surface area contributed by atoms with Gasteiger partial charge in [-0.2, -0.15) is 0 Å². The number of primary amides is 1. The Morgan fingerprint density at radius 3 is 1.44 bits per heavy atom. The zero-order valence-electron chi connectivity index (χ0n) is 17.0. The molecule has 4 aromatic carbocycles. The lowest BCUT2D eigenvalue weighted by atomic mass is 10.1. The number of rotatable bonds is 6. The maximum absolute atomic E-state index is 15.1. The van der Waals surface area contributed by atoms with Crippen LogP contribution in [0.15, 0.2) is 109 Å². The van der Waals surface area contributed by atoms with Crippen LogP contribution < -0.4 is 34.1 Å². The van der Waals surface area contributed by atoms with Crippen molar-refractivity contribution in [3.05, 3.63) is 126 Å². The molecule has 0 saturated heterocycles. The SMILES string of the molecule is NC(=O)C(c1ccc(F)cc1F)[P+](c1ccccc1)(c1ccccc1)c1ccccc1.[Cl-]. The predicted molar refractivity (Wildman–Crippen MR) is 123 cm³/mol. The summed E-state index contributed by atoms with van der Waals surface area (Å²) in [6, 6.07) is 32.1. The molecule has 0 saturated carbocycles. The molecule has 0 spiro atoms. The molecule has 2 nitrogen and oxygen atoms in total. The summed E-state index contributed by atoms with van der Waals surface area (Å²) in [5.74, 6) is -2.14. The second-order valence-electron chi connectivity index (χ2n) is 7.20. The minimum absolute atomic E-state index is 0. The number of nitrogens with two attached hydrogens (primary N) is 1. The summed E-state index contributed by atoms with van der Waals surface area (Å²) in [5.41, 5.74) is 5.08. The zero-order valence-corrected chi connectivity index (χ0v) is 18.7. The zero-order chi connectivity index (χ0) is 21.8. The number of hydrogen-bond donors (Lipinski definition) is 1. The van der Waals surface area contributed by atoms with Crippen LogP contribution >= 0.6 is 7.26 Å². The fraction of sp³-hybridized carbons (Fsp3) is 0.0385. The molecular formula is C26H21ClF2NOP. The van der Waals surface area contributed by atoms with Gasteiger partial charge in [0.05, 0.1) is 0 Å². The first-order valence-electron chi connectivity index (χ1n) is 9.85. The summed E-state index contributed by atoms with van der Waals surface area (Å²) in [6.07, 6.45) is 0. The van der Waals surface area contributed by atoms with Crippen molar-refractivity contribution < 1.29 is 26.0 Å². The van der Waals surface area contributed by atoms with Crippen molar-refractivity contribution in [2.24, 2.45) is 5.73 Å². The standard InChI is InChI=1S/C26H20F2NOP.ClH/c27-19-16-17-23(24(28)18-19)25(26(29)30)31(20-10-4-1-5-11-20,21-12-6-2-7-13-21)22-14-8-3-9-15-22;/h1-18,25H,(H-,29,30);1H. The third-order valence-corrected chi connectivity index (χ3v) is 10.0. The van der Waals surface area contributed by atoms with E-state index in [1.807, 2.05) is 91.0 Å². The Balaban J connectivity index is 0.00000289. The minimum Gasteiger partial charge on any atom is -1.00 e. The van der Waals surface area contributed by atoms with Gasteiger partial charge in [-0.1, -0.05) is 54.6 Å². The van der Waals surface area contributed by atoms with Crippen LogP contribution in [0.2, 0.25) is 0 Å². The van der Waals surface area contributed by atoms with E-state index in [2.05, 4.69) is 0 Å². The highest BCUT2D eigenvalue weighted by molar-refractivity contribution is 7.96. The van der Waals surface area contributed by atoms with E-state index in [1.54, 1.807) is 0 Å². The first-order chi connectivity index (χ1) is 15.0. The third kappa shape index (κ3) is 4.17. The van der Waals surface area contributed by atoms with E-state index in [0.29, 0.717) is 0 Å². The van der Waals surface area contributed by atoms with Crippen LogP contribution in [0.25, 0.3) is 0 Å². The van der Waals surface area contributed by atoms with Crippen LogP contribution in [0.1, 0.15) is 11.2 Å². The fourth-order valence-corrected chi connectivity index (χ4v) is 8.88. The second-order valence-corrected chi connectivity index (χ2v) is 10.7. The summed E-state index contributed by atoms with van der Waals surface area (Å²) in [4.78, 5) is 13.1. The average molecular weight is 468 g/mol. The van der Waals surface area contributed by atoms with E-state index < -0.39 is 30.5 Å². The van der Waals surface area contributed by atoms with Crippen molar-refractivity contribution in [2.75, 3.05) is 0 Å². The van der Waals surface area contributed by atoms with Crippen molar-refractivity contribution >= 4 is 29.1 Å². The van der Waals surface area contributed by atoms with E-state index in [4.69, 9.17) is 5.73 Å². The van der Waals surface area contributed by atoms with Gasteiger partial charge in [0.1, 0.15) is 34.8 Å². The number of carbonyl (C=O) groups is 1. The summed E-state index contributed by atoms with van der Waals surface area (Å²) < 4.78 is 28.8. The van der Waals surface area contributed by atoms with E-state index in [9.17, 15) is 9.18 Å². The Morgan fingerprint density at radius 1 is 0.688 bits per heavy atom. The van der Waals surface area contributed by atoms with E-state index in [-0.39, 0.29) is 18.0 Å². The molecule has 0 radical (unpaired) electrons. The van der Waals surface area contributed by atoms with Gasteiger partial charge in [0.15, 0.2) is 5.66 Å². The molecule has 1 unspecified atom stereocenters. The van der Waals surface area contributed by atoms with Gasteiger partial charge in [-0.25, -0.2) is 8.78 Å². The van der Waals surface area contributed by atoms with Crippen LogP contribution in [0, 0.1) is 11.6 Å². The van der Waals surface area contributed by atoms with Crippen LogP contribution in [0.5, 0.6) is 0 Å². The molecule has 0 bridgehead atoms. The molecule has 4 aromatic rings. The predicted octanol–water partition coefficient (Wildman–Crippen LogP) is 1.49. The smallest absolute Gasteiger partial charge is 0.264 e. The molecule has 0 aromatic heterocycles. The topological polar surface area (TPSA) is 43.1 Å². The van der Waals surface area contributed by atoms with Crippen molar-refractivity contribution in [1.29, 1.82) is 0 Å². The largest absolute Gasteiger partial charge is 1.00 e. The van der Waals surface area contributed by atoms with Gasteiger partial charge in [-0.05, 0) is 48.5 Å². The Kier molecular flexibility index (Phi) is 7.40. The highest BCUT2D eigenvalue weighted by Crippen LogP contribution is 2.66. The van der Waals surface area contributed by atoms with Gasteiger partial charge in [0, 0.05) is 11.6 Å². The number of benzene rings is 4. The molecule has 2 N–H and O–H groups in total. The summed E-state index contributed by atoms with van der Waals surface area (Å²) >= 11 is 0. The Hall–Kier alpha value is -3.07. The van der Waals surface area contributed by atoms with E-state index in [0.717, 1.165) is 22.0 Å². The van der Waals surface area contributed by atoms with Gasteiger partial charge < -0.3 is 18.1 Å². The van der Waals surface area contributed by atoms with Gasteiger partial charge in [0.2, 0.25) is 0 Å². The van der Waals surface area contributed by atoms with Gasteiger partial charge >= 0.3 is 0 Å². The lowest BCUT2D eigenvalue weighted by Crippen LogP contribution is -3.00. The monoisotopic (exact) mass is 467 g/mol. The van der Waals surface area contributed by atoms with Crippen LogP contribution in [-0.2, 0) is 4.79 Å². The van der Waals surface area contributed by atoms with Crippen LogP contribution in [0.4, 0.5) is 8.78 Å². The maximum Gasteiger partial charge on any atom is 0.264 e. The van der Waals surface area contributed by atoms with Crippen LogP contribution in [-0.4, -0.2) is 5.91 Å². The summed E-state index contributed by atoms with van der Waals surface area (Å²) in [6.45, 7) is 0. The third-order valence-electron chi connectivity index (χ3n) is 5.40. The number of hydrogen-bond acceptors (Lipinski definition) is 1. The number of amides is 1. The Morgan fingerprint density at radius 2 is 1.09 bits per heavy atom. The number of halogens is 3. The van der Waals surface area contributed by atoms with Crippen LogP contribution in [0.3, 0.4) is 0 Å². The highest BCUT2D eigenvalue weighted by atomic mass is 35.5. The molecule has 4 rings (SSSR count). The van der Waals surface area contributed by atoms with Crippen molar-refractivity contribution in [3.8, 4) is 0 Å². The number of carbonyl (C=O) groups excluding carboxylic acids is 1. The molecular weight excluding hydrogens is 447 g/mol. The second kappa shape index (κ2) is 10.0. The molecule has 1 atom stereocenters. The van der Waals surface area contributed by atoms with E-state index >= 15 is 4.39 Å². The van der Waals surface area contributed by atoms with Gasteiger partial charge in [-0.3, -0.25) is 4.79 Å². The molecule has 1 amide bonds. The molecule has 0 aliphatic carbocycles. The van der Waals surface area contributed by atoms with Gasteiger partial charge in [0.25, 0.3) is 5.91 Å². The minimum atomic E-state index is -2.82. The van der Waals surface area contributed by atoms with E-state index in [1.165, 1.54) is 12.1 Å². The molecule has 0 aliphatic rings. The first-order valence-corrected chi connectivity index (χ1v) is 11.7. The quantitative estimate of drug-likeness (QED) is 0.429. The summed E-state index contributed by atoms with van der Waals surface area (Å²) in [5, 5.41) is 2.67. The maximum atomic E-state index is 15.1. The van der Waals surface area contributed by atoms with Crippen molar-refractivity contribution in [2.45, 2.75) is 5.66 Å². The molecule has 0 aliphatic heterocycles. The fourth-order valence-electron chi connectivity index (χ4n) is 4.16. The Labute approximate surface area is 192 Å². The molecule has 162 valence electrons. The molecule has 0 heterocycles. The average Bonchev–Trinajstić information content (AvgIpc) is 2.80. The van der Waals surface area contributed by atoms with Crippen molar-refractivity contribution in [3.63, 3.8) is 0 Å². The van der Waals surface area contributed by atoms with Gasteiger partial charge in [-0.15, -0.1) is 0 Å². The molecule has 32 heavy (non-hydrogen) atoms. The normalized spacial score (nSPS) is 11.9. The lowest BCUT2D eigenvalue weighted by molar-refractivity contribution is -0.117. The molecule has 6 heteroatoms. The van der Waals surface area contributed by atoms with Crippen molar-refractivity contribution in [1.82, 2.24) is 0 Å². The molecule has 0 fully saturated rings.